The summed E-state index contributed by atoms with van der Waals surface area (Å²) < 4.78 is 31.4. The molecule has 1 heterocycles. The highest BCUT2D eigenvalue weighted by Gasteiger charge is 2.33. The largest absolute Gasteiger partial charge is 0.373 e. The van der Waals surface area contributed by atoms with Crippen LogP contribution < -0.4 is 5.32 Å². The van der Waals surface area contributed by atoms with E-state index in [1.165, 1.54) is 26.2 Å². The van der Waals surface area contributed by atoms with Crippen LogP contribution >= 0.6 is 0 Å². The minimum absolute atomic E-state index is 0.107. The van der Waals surface area contributed by atoms with Gasteiger partial charge in [0, 0.05) is 44.8 Å². The minimum atomic E-state index is -3.57. The number of morpholine rings is 1. The van der Waals surface area contributed by atoms with Gasteiger partial charge in [0.1, 0.15) is 0 Å². The van der Waals surface area contributed by atoms with Gasteiger partial charge in [0.25, 0.3) is 5.91 Å². The predicted molar refractivity (Wildman–Crippen MR) is 105 cm³/mol. The second-order valence-corrected chi connectivity index (χ2v) is 10.1. The van der Waals surface area contributed by atoms with E-state index < -0.39 is 10.0 Å². The number of hydrogen-bond acceptors (Lipinski definition) is 5. The Balaban J connectivity index is 2.07. The Morgan fingerprint density at radius 2 is 1.85 bits per heavy atom. The molecule has 2 atom stereocenters. The number of nitrogens with zero attached hydrogens (tertiary/aromatic N) is 2. The summed E-state index contributed by atoms with van der Waals surface area (Å²) in [5.74, 6) is -0.284. The van der Waals surface area contributed by atoms with Gasteiger partial charge < -0.3 is 10.1 Å². The van der Waals surface area contributed by atoms with E-state index in [0.717, 1.165) is 17.4 Å². The lowest BCUT2D eigenvalue weighted by molar-refractivity contribution is -0.0948. The van der Waals surface area contributed by atoms with Crippen LogP contribution in [0.15, 0.2) is 29.2 Å². The van der Waals surface area contributed by atoms with E-state index in [4.69, 9.17) is 4.74 Å². The lowest BCUT2D eigenvalue weighted by atomic mass is 10.00. The number of hydrogen-bond donors (Lipinski definition) is 1. The van der Waals surface area contributed by atoms with Crippen molar-refractivity contribution in [3.63, 3.8) is 0 Å². The molecule has 1 aromatic rings. The molecule has 27 heavy (non-hydrogen) atoms. The highest BCUT2D eigenvalue weighted by Crippen LogP contribution is 2.21. The van der Waals surface area contributed by atoms with Gasteiger partial charge in [-0.25, -0.2) is 12.7 Å². The molecule has 1 N–H and O–H groups in total. The molecule has 0 radical (unpaired) electrons. The first-order valence-corrected chi connectivity index (χ1v) is 10.6. The van der Waals surface area contributed by atoms with Gasteiger partial charge in [0.15, 0.2) is 0 Å². The molecule has 152 valence electrons. The third-order valence-electron chi connectivity index (χ3n) is 4.83. The molecule has 0 spiro atoms. The second kappa shape index (κ2) is 8.26. The van der Waals surface area contributed by atoms with Crippen molar-refractivity contribution in [3.8, 4) is 0 Å². The number of amides is 1. The molecular weight excluding hydrogens is 366 g/mol. The number of rotatable bonds is 6. The highest BCUT2D eigenvalue weighted by atomic mass is 32.2. The number of benzene rings is 1. The van der Waals surface area contributed by atoms with E-state index in [2.05, 4.69) is 24.1 Å². The first kappa shape index (κ1) is 21.8. The van der Waals surface area contributed by atoms with Crippen LogP contribution in [0.2, 0.25) is 0 Å². The molecule has 0 aromatic heterocycles. The first-order chi connectivity index (χ1) is 12.4. The molecule has 1 amide bonds. The fourth-order valence-corrected chi connectivity index (χ4v) is 4.14. The lowest BCUT2D eigenvalue weighted by Crippen LogP contribution is -2.58. The maximum absolute atomic E-state index is 12.6. The van der Waals surface area contributed by atoms with Crippen LogP contribution in [0.3, 0.4) is 0 Å². The van der Waals surface area contributed by atoms with Gasteiger partial charge >= 0.3 is 0 Å². The summed E-state index contributed by atoms with van der Waals surface area (Å²) in [6.07, 6.45) is 0.299. The van der Waals surface area contributed by atoms with Crippen LogP contribution in [0.1, 0.15) is 38.1 Å². The summed E-state index contributed by atoms with van der Waals surface area (Å²) in [6.45, 7) is 10.3. The van der Waals surface area contributed by atoms with Crippen molar-refractivity contribution in [2.45, 2.75) is 50.3 Å². The summed E-state index contributed by atoms with van der Waals surface area (Å²) in [4.78, 5) is 15.0. The average Bonchev–Trinajstić information content (AvgIpc) is 2.59. The molecule has 7 nitrogen and oxygen atoms in total. The van der Waals surface area contributed by atoms with Gasteiger partial charge in [-0.05, 0) is 45.9 Å². The van der Waals surface area contributed by atoms with E-state index in [1.807, 2.05) is 13.8 Å². The van der Waals surface area contributed by atoms with E-state index in [-0.39, 0.29) is 28.5 Å². The summed E-state index contributed by atoms with van der Waals surface area (Å²) >= 11 is 0. The molecule has 1 aromatic carbocycles. The Hall–Kier alpha value is -1.48. The van der Waals surface area contributed by atoms with Crippen molar-refractivity contribution in [3.05, 3.63) is 29.8 Å². The van der Waals surface area contributed by atoms with Crippen LogP contribution in [0.5, 0.6) is 0 Å². The quantitative estimate of drug-likeness (QED) is 0.788. The molecule has 1 aliphatic heterocycles. The zero-order valence-electron chi connectivity index (χ0n) is 17.0. The number of sulfonamides is 1. The number of ether oxygens (including phenoxy) is 1. The van der Waals surface area contributed by atoms with Crippen LogP contribution in [0.25, 0.3) is 0 Å². The van der Waals surface area contributed by atoms with Crippen LogP contribution in [-0.2, 0) is 14.8 Å². The lowest BCUT2D eigenvalue weighted by Gasteiger charge is -2.45. The standard InChI is InChI=1S/C19H31N3O4S/c1-14-11-22(12-15(2)26-14)19(3,4)13-20-18(23)16-8-7-9-17(10-16)27(24,25)21(5)6/h7-10,14-15H,11-13H2,1-6H3,(H,20,23)/t14-,15+. The summed E-state index contributed by atoms with van der Waals surface area (Å²) in [7, 11) is -0.640. The van der Waals surface area contributed by atoms with E-state index in [9.17, 15) is 13.2 Å². The van der Waals surface area contributed by atoms with E-state index in [0.29, 0.717) is 12.1 Å². The molecule has 0 bridgehead atoms. The molecule has 8 heteroatoms. The second-order valence-electron chi connectivity index (χ2n) is 7.97. The van der Waals surface area contributed by atoms with Crippen molar-refractivity contribution < 1.29 is 17.9 Å². The minimum Gasteiger partial charge on any atom is -0.373 e. The van der Waals surface area contributed by atoms with Gasteiger partial charge in [-0.15, -0.1) is 0 Å². The zero-order chi connectivity index (χ0) is 20.4. The van der Waals surface area contributed by atoms with Crippen LogP contribution in [0, 0.1) is 0 Å². The van der Waals surface area contributed by atoms with Gasteiger partial charge in [0.2, 0.25) is 10.0 Å². The van der Waals surface area contributed by atoms with Gasteiger partial charge in [-0.1, -0.05) is 6.07 Å². The third-order valence-corrected chi connectivity index (χ3v) is 6.64. The van der Waals surface area contributed by atoms with Crippen molar-refractivity contribution in [2.75, 3.05) is 33.7 Å². The Morgan fingerprint density at radius 3 is 2.41 bits per heavy atom. The van der Waals surface area contributed by atoms with Crippen LogP contribution in [0.4, 0.5) is 0 Å². The molecule has 0 saturated carbocycles. The van der Waals surface area contributed by atoms with Gasteiger partial charge in [0.05, 0.1) is 17.1 Å². The Kier molecular flexibility index (Phi) is 6.68. The fourth-order valence-electron chi connectivity index (χ4n) is 3.19. The Labute approximate surface area is 162 Å². The molecule has 2 rings (SSSR count). The van der Waals surface area contributed by atoms with E-state index >= 15 is 0 Å². The fraction of sp³-hybridized carbons (Fsp3) is 0.632. The Morgan fingerprint density at radius 1 is 1.26 bits per heavy atom. The number of nitrogens with one attached hydrogen (secondary N) is 1. The topological polar surface area (TPSA) is 79.0 Å². The maximum Gasteiger partial charge on any atom is 0.251 e. The SMILES string of the molecule is C[C@@H]1CN(C(C)(C)CNC(=O)c2cccc(S(=O)(=O)N(C)C)c2)C[C@H](C)O1. The normalized spacial score (nSPS) is 22.0. The molecule has 1 saturated heterocycles. The summed E-state index contributed by atoms with van der Waals surface area (Å²) in [5.41, 5.74) is 0.0902. The third kappa shape index (κ3) is 5.28. The van der Waals surface area contributed by atoms with Crippen molar-refractivity contribution >= 4 is 15.9 Å². The van der Waals surface area contributed by atoms with Crippen molar-refractivity contribution in [1.29, 1.82) is 0 Å². The van der Waals surface area contributed by atoms with Crippen LogP contribution in [-0.4, -0.2) is 75.0 Å². The summed E-state index contributed by atoms with van der Waals surface area (Å²) in [5, 5.41) is 2.94. The van der Waals surface area contributed by atoms with E-state index in [1.54, 1.807) is 12.1 Å². The zero-order valence-corrected chi connectivity index (χ0v) is 17.8. The van der Waals surface area contributed by atoms with Gasteiger partial charge in [-0.2, -0.15) is 0 Å². The maximum atomic E-state index is 12.6. The monoisotopic (exact) mass is 397 g/mol. The molecule has 0 aliphatic carbocycles. The first-order valence-electron chi connectivity index (χ1n) is 9.15. The average molecular weight is 398 g/mol. The number of carbonyl (C=O) groups is 1. The smallest absolute Gasteiger partial charge is 0.251 e. The van der Waals surface area contributed by atoms with Gasteiger partial charge in [-0.3, -0.25) is 9.69 Å². The molecule has 1 fully saturated rings. The molecule has 0 unspecified atom stereocenters. The number of carbonyl (C=O) groups excluding carboxylic acids is 1. The van der Waals surface area contributed by atoms with Crippen molar-refractivity contribution in [2.24, 2.45) is 0 Å². The predicted octanol–water partition coefficient (Wildman–Crippen LogP) is 1.55. The van der Waals surface area contributed by atoms with Crippen molar-refractivity contribution in [1.82, 2.24) is 14.5 Å². The highest BCUT2D eigenvalue weighted by molar-refractivity contribution is 7.89. The molecule has 1 aliphatic rings. The summed E-state index contributed by atoms with van der Waals surface area (Å²) in [6, 6.07) is 6.11. The Bertz CT molecular complexity index is 767. The molecular formula is C19H31N3O4S.